The molecule has 0 bridgehead atoms. The SMILES string of the molecule is CC1(C)CC[C@]2(C(=O)O)CC[C@]3(C)C(=CC=C4[C@@]5(C)CC[C@H](O)C(C)(C)[C@@H]5CC[C@]43C)[C@@H]2C1. The summed E-state index contributed by atoms with van der Waals surface area (Å²) in [5.74, 6) is 0.0637. The number of carboxylic acid groups (broad SMARTS) is 1. The minimum atomic E-state index is -0.583. The Morgan fingerprint density at radius 3 is 2.18 bits per heavy atom. The summed E-state index contributed by atoms with van der Waals surface area (Å²) in [7, 11) is 0. The summed E-state index contributed by atoms with van der Waals surface area (Å²) in [6, 6.07) is 0. The lowest BCUT2D eigenvalue weighted by atomic mass is 9.36. The summed E-state index contributed by atoms with van der Waals surface area (Å²) in [6.07, 6.45) is 13.4. The molecule has 0 radical (unpaired) electrons. The van der Waals surface area contributed by atoms with E-state index in [-0.39, 0.29) is 39.1 Å². The standard InChI is InChI=1S/C30H46O3/c1-25(2)14-16-30(24(32)33)17-15-28(6)19(20(30)18-25)8-9-22-27(5)12-11-23(31)26(3,4)21(27)10-13-29(22,28)7/h8-9,20-21,23,31H,10-18H2,1-7H3,(H,32,33)/t20-,21-,23-,27-,28+,29+,30-/m0/s1. The van der Waals surface area contributed by atoms with E-state index in [9.17, 15) is 15.0 Å². The topological polar surface area (TPSA) is 57.5 Å². The summed E-state index contributed by atoms with van der Waals surface area (Å²) < 4.78 is 0. The van der Waals surface area contributed by atoms with Gasteiger partial charge in [0.25, 0.3) is 0 Å². The fraction of sp³-hybridized carbons (Fsp3) is 0.833. The van der Waals surface area contributed by atoms with Gasteiger partial charge in [-0.3, -0.25) is 4.79 Å². The van der Waals surface area contributed by atoms with Crippen LogP contribution < -0.4 is 0 Å². The van der Waals surface area contributed by atoms with Gasteiger partial charge in [-0.2, -0.15) is 0 Å². The van der Waals surface area contributed by atoms with Gasteiger partial charge in [-0.25, -0.2) is 0 Å². The molecule has 0 heterocycles. The molecule has 3 heteroatoms. The highest BCUT2D eigenvalue weighted by Gasteiger charge is 2.67. The van der Waals surface area contributed by atoms with Crippen LogP contribution in [0.3, 0.4) is 0 Å². The average molecular weight is 455 g/mol. The van der Waals surface area contributed by atoms with Crippen molar-refractivity contribution in [1.82, 2.24) is 0 Å². The van der Waals surface area contributed by atoms with Crippen molar-refractivity contribution < 1.29 is 15.0 Å². The Morgan fingerprint density at radius 1 is 0.848 bits per heavy atom. The Morgan fingerprint density at radius 2 is 1.52 bits per heavy atom. The highest BCUT2D eigenvalue weighted by Crippen LogP contribution is 2.74. The number of rotatable bonds is 1. The second-order valence-corrected chi connectivity index (χ2v) is 14.6. The smallest absolute Gasteiger partial charge is 0.310 e. The molecule has 0 saturated heterocycles. The van der Waals surface area contributed by atoms with Crippen LogP contribution in [0.4, 0.5) is 0 Å². The first-order valence-corrected chi connectivity index (χ1v) is 13.5. The van der Waals surface area contributed by atoms with Crippen molar-refractivity contribution in [2.24, 2.45) is 44.3 Å². The second-order valence-electron chi connectivity index (χ2n) is 14.6. The molecule has 184 valence electrons. The molecule has 2 N–H and O–H groups in total. The van der Waals surface area contributed by atoms with Crippen LogP contribution in [-0.4, -0.2) is 22.3 Å². The van der Waals surface area contributed by atoms with E-state index >= 15 is 0 Å². The molecule has 33 heavy (non-hydrogen) atoms. The van der Waals surface area contributed by atoms with E-state index in [1.807, 2.05) is 0 Å². The predicted molar refractivity (Wildman–Crippen MR) is 133 cm³/mol. The van der Waals surface area contributed by atoms with Crippen LogP contribution in [0.5, 0.6) is 0 Å². The van der Waals surface area contributed by atoms with E-state index in [2.05, 4.69) is 60.6 Å². The normalized spacial score (nSPS) is 50.0. The maximum absolute atomic E-state index is 12.7. The second kappa shape index (κ2) is 6.77. The highest BCUT2D eigenvalue weighted by molar-refractivity contribution is 5.77. The van der Waals surface area contributed by atoms with Crippen LogP contribution in [0.2, 0.25) is 0 Å². The van der Waals surface area contributed by atoms with Gasteiger partial charge in [0.15, 0.2) is 0 Å². The summed E-state index contributed by atoms with van der Waals surface area (Å²) in [5, 5.41) is 21.3. The van der Waals surface area contributed by atoms with Gasteiger partial charge in [-0.1, -0.05) is 71.8 Å². The van der Waals surface area contributed by atoms with E-state index in [0.717, 1.165) is 57.8 Å². The van der Waals surface area contributed by atoms with Crippen molar-refractivity contribution in [2.45, 2.75) is 112 Å². The van der Waals surface area contributed by atoms with Crippen molar-refractivity contribution in [2.75, 3.05) is 0 Å². The number of hydrogen-bond donors (Lipinski definition) is 2. The number of carboxylic acids is 1. The third-order valence-electron chi connectivity index (χ3n) is 12.4. The Kier molecular flexibility index (Phi) is 4.85. The van der Waals surface area contributed by atoms with Crippen molar-refractivity contribution in [3.8, 4) is 0 Å². The fourth-order valence-electron chi connectivity index (χ4n) is 9.92. The largest absolute Gasteiger partial charge is 0.481 e. The molecule has 7 atom stereocenters. The van der Waals surface area contributed by atoms with Crippen molar-refractivity contribution >= 4 is 5.97 Å². The Labute approximate surface area is 201 Å². The summed E-state index contributed by atoms with van der Waals surface area (Å²) in [5.41, 5.74) is 2.76. The van der Waals surface area contributed by atoms with Crippen molar-refractivity contribution in [3.63, 3.8) is 0 Å². The lowest BCUT2D eigenvalue weighted by Gasteiger charge is -2.68. The van der Waals surface area contributed by atoms with E-state index in [4.69, 9.17) is 0 Å². The lowest BCUT2D eigenvalue weighted by Crippen LogP contribution is -2.61. The van der Waals surface area contributed by atoms with Gasteiger partial charge in [0.2, 0.25) is 0 Å². The van der Waals surface area contributed by atoms with Crippen molar-refractivity contribution in [1.29, 1.82) is 0 Å². The molecule has 0 unspecified atom stereocenters. The van der Waals surface area contributed by atoms with Gasteiger partial charge in [0.05, 0.1) is 11.5 Å². The number of aliphatic carboxylic acids is 1. The molecule has 0 aromatic rings. The molecule has 5 aliphatic rings. The lowest BCUT2D eigenvalue weighted by molar-refractivity contribution is -0.164. The van der Waals surface area contributed by atoms with Crippen LogP contribution in [0.15, 0.2) is 23.3 Å². The molecule has 4 saturated carbocycles. The van der Waals surface area contributed by atoms with Crippen LogP contribution in [0.1, 0.15) is 106 Å². The van der Waals surface area contributed by atoms with Gasteiger partial charge in [-0.05, 0) is 96.7 Å². The quantitative estimate of drug-likeness (QED) is 0.442. The first-order chi connectivity index (χ1) is 15.1. The Bertz CT molecular complexity index is 940. The molecule has 4 fully saturated rings. The van der Waals surface area contributed by atoms with Crippen LogP contribution in [0.25, 0.3) is 0 Å². The summed E-state index contributed by atoms with van der Waals surface area (Å²) in [6.45, 7) is 16.7. The average Bonchev–Trinajstić information content (AvgIpc) is 2.71. The molecule has 5 rings (SSSR count). The molecular formula is C30H46O3. The molecule has 5 aliphatic carbocycles. The van der Waals surface area contributed by atoms with Gasteiger partial charge in [0, 0.05) is 0 Å². The zero-order valence-corrected chi connectivity index (χ0v) is 22.1. The predicted octanol–water partition coefficient (Wildman–Crippen LogP) is 7.15. The van der Waals surface area contributed by atoms with E-state index in [1.165, 1.54) is 5.57 Å². The van der Waals surface area contributed by atoms with Gasteiger partial charge >= 0.3 is 5.97 Å². The minimum Gasteiger partial charge on any atom is -0.481 e. The van der Waals surface area contributed by atoms with Crippen LogP contribution in [0, 0.1) is 44.3 Å². The molecule has 0 aliphatic heterocycles. The number of carbonyl (C=O) groups is 1. The molecule has 3 nitrogen and oxygen atoms in total. The molecule has 0 aromatic heterocycles. The number of allylic oxidation sites excluding steroid dienone is 4. The monoisotopic (exact) mass is 454 g/mol. The number of fused-ring (bicyclic) bond motifs is 7. The third-order valence-corrected chi connectivity index (χ3v) is 12.4. The summed E-state index contributed by atoms with van der Waals surface area (Å²) in [4.78, 5) is 12.7. The maximum Gasteiger partial charge on any atom is 0.310 e. The van der Waals surface area contributed by atoms with Gasteiger partial charge in [0.1, 0.15) is 0 Å². The maximum atomic E-state index is 12.7. The van der Waals surface area contributed by atoms with E-state index in [1.54, 1.807) is 5.57 Å². The van der Waals surface area contributed by atoms with E-state index < -0.39 is 11.4 Å². The first-order valence-electron chi connectivity index (χ1n) is 13.5. The minimum absolute atomic E-state index is 0.0162. The zero-order valence-electron chi connectivity index (χ0n) is 22.1. The number of aliphatic hydroxyl groups excluding tert-OH is 1. The molecule has 0 aromatic carbocycles. The zero-order chi connectivity index (χ0) is 24.2. The summed E-state index contributed by atoms with van der Waals surface area (Å²) >= 11 is 0. The van der Waals surface area contributed by atoms with Crippen molar-refractivity contribution in [3.05, 3.63) is 23.3 Å². The molecular weight excluding hydrogens is 408 g/mol. The van der Waals surface area contributed by atoms with Gasteiger partial charge < -0.3 is 10.2 Å². The number of aliphatic hydroxyl groups is 1. The number of hydrogen-bond acceptors (Lipinski definition) is 2. The fourth-order valence-corrected chi connectivity index (χ4v) is 9.92. The van der Waals surface area contributed by atoms with Gasteiger partial charge in [-0.15, -0.1) is 0 Å². The molecule has 0 spiro atoms. The molecule has 0 amide bonds. The van der Waals surface area contributed by atoms with Crippen LogP contribution in [-0.2, 0) is 4.79 Å². The highest BCUT2D eigenvalue weighted by atomic mass is 16.4. The Balaban J connectivity index is 1.65. The van der Waals surface area contributed by atoms with Crippen LogP contribution >= 0.6 is 0 Å². The van der Waals surface area contributed by atoms with E-state index in [0.29, 0.717) is 5.92 Å². The first kappa shape index (κ1) is 23.6. The Hall–Kier alpha value is -1.09. The third kappa shape index (κ3) is 2.81.